The van der Waals surface area contributed by atoms with E-state index in [9.17, 15) is 0 Å². The first-order valence-corrected chi connectivity index (χ1v) is 11.4. The Kier molecular flexibility index (Phi) is 6.31. The number of rotatable bonds is 6. The standard InChI is InChI=1S/C28H20N4S/c1-4-10-21(11-5-1)29-30-22-16-18-23(19-17-22)31-32-27-20-28(33-24-12-6-2-7-13-24)26-15-9-3-8-14-25(26)27/h1-20H. The molecule has 4 nitrogen and oxygen atoms in total. The van der Waals surface area contributed by atoms with Crippen LogP contribution in [0.3, 0.4) is 0 Å². The van der Waals surface area contributed by atoms with Crippen molar-refractivity contribution >= 4 is 34.5 Å². The van der Waals surface area contributed by atoms with Gasteiger partial charge in [0.1, 0.15) is 0 Å². The van der Waals surface area contributed by atoms with Crippen LogP contribution in [-0.4, -0.2) is 0 Å². The minimum atomic E-state index is 0.764. The molecule has 0 heterocycles. The van der Waals surface area contributed by atoms with Gasteiger partial charge in [-0.3, -0.25) is 0 Å². The Morgan fingerprint density at radius 1 is 0.424 bits per heavy atom. The van der Waals surface area contributed by atoms with Crippen molar-refractivity contribution in [2.24, 2.45) is 20.5 Å². The normalized spacial score (nSPS) is 11.5. The smallest absolute Gasteiger partial charge is 0.0947 e. The zero-order valence-electron chi connectivity index (χ0n) is 17.7. The fraction of sp³-hybridized carbons (Fsp3) is 0. The first-order valence-electron chi connectivity index (χ1n) is 10.6. The molecule has 5 heteroatoms. The summed E-state index contributed by atoms with van der Waals surface area (Å²) in [5.74, 6) is 0. The van der Waals surface area contributed by atoms with Gasteiger partial charge in [-0.05, 0) is 60.2 Å². The Hall–Kier alpha value is -4.09. The van der Waals surface area contributed by atoms with Crippen LogP contribution in [0.25, 0.3) is 11.1 Å². The van der Waals surface area contributed by atoms with Crippen LogP contribution < -0.4 is 0 Å². The maximum atomic E-state index is 4.58. The predicted molar refractivity (Wildman–Crippen MR) is 135 cm³/mol. The van der Waals surface area contributed by atoms with Gasteiger partial charge in [-0.25, -0.2) is 0 Å². The highest BCUT2D eigenvalue weighted by Gasteiger charge is 2.15. The second-order valence-corrected chi connectivity index (χ2v) is 8.41. The molecule has 0 fully saturated rings. The summed E-state index contributed by atoms with van der Waals surface area (Å²) in [5, 5.41) is 17.6. The van der Waals surface area contributed by atoms with E-state index in [0.717, 1.165) is 33.2 Å². The van der Waals surface area contributed by atoms with E-state index in [1.54, 1.807) is 11.8 Å². The summed E-state index contributed by atoms with van der Waals surface area (Å²) in [4.78, 5) is 2.36. The van der Waals surface area contributed by atoms with Gasteiger partial charge in [-0.15, -0.1) is 5.11 Å². The lowest BCUT2D eigenvalue weighted by Gasteiger charge is -2.01. The molecule has 0 bridgehead atoms. The summed E-state index contributed by atoms with van der Waals surface area (Å²) >= 11 is 1.74. The minimum Gasteiger partial charge on any atom is -0.151 e. The fourth-order valence-corrected chi connectivity index (χ4v) is 4.36. The van der Waals surface area contributed by atoms with Gasteiger partial charge in [0.2, 0.25) is 0 Å². The van der Waals surface area contributed by atoms with Crippen molar-refractivity contribution in [2.45, 2.75) is 9.79 Å². The van der Waals surface area contributed by atoms with Gasteiger partial charge < -0.3 is 0 Å². The van der Waals surface area contributed by atoms with Crippen molar-refractivity contribution in [3.05, 3.63) is 121 Å². The Morgan fingerprint density at radius 3 is 1.55 bits per heavy atom. The van der Waals surface area contributed by atoms with Gasteiger partial charge in [0, 0.05) is 15.4 Å². The van der Waals surface area contributed by atoms with Crippen molar-refractivity contribution in [1.82, 2.24) is 0 Å². The average molecular weight is 445 g/mol. The number of fused-ring (bicyclic) bond motifs is 1. The van der Waals surface area contributed by atoms with E-state index < -0.39 is 0 Å². The molecule has 158 valence electrons. The maximum Gasteiger partial charge on any atom is 0.0947 e. The SMILES string of the molecule is c1ccc(N=Nc2ccc(N=Nc3cc(Sc4ccccc4)c4cccccc3-4)cc2)cc1. The highest BCUT2D eigenvalue weighted by molar-refractivity contribution is 7.99. The molecule has 0 spiro atoms. The molecule has 0 radical (unpaired) electrons. The fourth-order valence-electron chi connectivity index (χ4n) is 3.36. The van der Waals surface area contributed by atoms with Gasteiger partial charge in [0.05, 0.1) is 22.7 Å². The summed E-state index contributed by atoms with van der Waals surface area (Å²) in [6, 6.07) is 40.0. The molecule has 33 heavy (non-hydrogen) atoms. The summed E-state index contributed by atoms with van der Waals surface area (Å²) in [6.07, 6.45) is 0. The first kappa shape index (κ1) is 20.8. The van der Waals surface area contributed by atoms with Crippen LogP contribution in [0.15, 0.2) is 152 Å². The van der Waals surface area contributed by atoms with Crippen LogP contribution in [0.1, 0.15) is 0 Å². The molecule has 0 atom stereocenters. The van der Waals surface area contributed by atoms with Crippen molar-refractivity contribution in [3.8, 4) is 11.1 Å². The van der Waals surface area contributed by atoms with E-state index in [2.05, 4.69) is 69.0 Å². The molecule has 0 aromatic heterocycles. The second-order valence-electron chi connectivity index (χ2n) is 7.30. The van der Waals surface area contributed by atoms with Gasteiger partial charge >= 0.3 is 0 Å². The van der Waals surface area contributed by atoms with E-state index in [0.29, 0.717) is 0 Å². The molecule has 3 aromatic carbocycles. The van der Waals surface area contributed by atoms with E-state index >= 15 is 0 Å². The van der Waals surface area contributed by atoms with Crippen LogP contribution in [0.5, 0.6) is 0 Å². The molecular formula is C28H20N4S. The Balaban J connectivity index is 1.37. The number of azo groups is 2. The molecule has 2 aliphatic rings. The lowest BCUT2D eigenvalue weighted by Crippen LogP contribution is -1.72. The van der Waals surface area contributed by atoms with Gasteiger partial charge in [-0.2, -0.15) is 15.3 Å². The van der Waals surface area contributed by atoms with Gasteiger partial charge in [0.15, 0.2) is 0 Å². The van der Waals surface area contributed by atoms with Crippen LogP contribution in [0.2, 0.25) is 0 Å². The van der Waals surface area contributed by atoms with E-state index in [-0.39, 0.29) is 0 Å². The number of hydrogen-bond acceptors (Lipinski definition) is 5. The molecule has 0 unspecified atom stereocenters. The monoisotopic (exact) mass is 444 g/mol. The Labute approximate surface area is 197 Å². The predicted octanol–water partition coefficient (Wildman–Crippen LogP) is 9.77. The van der Waals surface area contributed by atoms with E-state index in [1.165, 1.54) is 10.5 Å². The van der Waals surface area contributed by atoms with Crippen molar-refractivity contribution in [3.63, 3.8) is 0 Å². The third kappa shape index (κ3) is 5.22. The first-order chi connectivity index (χ1) is 16.3. The average Bonchev–Trinajstić information content (AvgIpc) is 3.02. The van der Waals surface area contributed by atoms with Gasteiger partial charge in [-0.1, -0.05) is 78.5 Å². The maximum absolute atomic E-state index is 4.58. The van der Waals surface area contributed by atoms with Crippen LogP contribution in [-0.2, 0) is 0 Å². The van der Waals surface area contributed by atoms with E-state index in [1.807, 2.05) is 72.8 Å². The quantitative estimate of drug-likeness (QED) is 0.240. The molecule has 0 saturated heterocycles. The van der Waals surface area contributed by atoms with E-state index in [4.69, 9.17) is 0 Å². The molecule has 3 aromatic rings. The topological polar surface area (TPSA) is 49.4 Å². The highest BCUT2D eigenvalue weighted by atomic mass is 32.2. The minimum absolute atomic E-state index is 0.764. The number of benzene rings is 3. The molecule has 0 N–H and O–H groups in total. The molecule has 0 saturated carbocycles. The van der Waals surface area contributed by atoms with Gasteiger partial charge in [0.25, 0.3) is 0 Å². The number of hydrogen-bond donors (Lipinski definition) is 0. The van der Waals surface area contributed by atoms with Crippen LogP contribution >= 0.6 is 11.8 Å². The largest absolute Gasteiger partial charge is 0.151 e. The molecule has 5 rings (SSSR count). The van der Waals surface area contributed by atoms with Crippen molar-refractivity contribution in [1.29, 1.82) is 0 Å². The summed E-state index contributed by atoms with van der Waals surface area (Å²) in [6.45, 7) is 0. The van der Waals surface area contributed by atoms with Crippen molar-refractivity contribution in [2.75, 3.05) is 0 Å². The molecule has 0 amide bonds. The summed E-state index contributed by atoms with van der Waals surface area (Å²) in [7, 11) is 0. The van der Waals surface area contributed by atoms with Crippen LogP contribution in [0, 0.1) is 0 Å². The lowest BCUT2D eigenvalue weighted by molar-refractivity contribution is 1.21. The third-order valence-corrected chi connectivity index (χ3v) is 6.04. The molecular weight excluding hydrogens is 424 g/mol. The van der Waals surface area contributed by atoms with Crippen molar-refractivity contribution < 1.29 is 0 Å². The molecule has 0 aliphatic heterocycles. The summed E-state index contributed by atoms with van der Waals surface area (Å²) < 4.78 is 0. The number of nitrogens with zero attached hydrogens (tertiary/aromatic N) is 4. The lowest BCUT2D eigenvalue weighted by atomic mass is 10.2. The second kappa shape index (κ2) is 10.0. The Morgan fingerprint density at radius 2 is 0.909 bits per heavy atom. The van der Waals surface area contributed by atoms with Crippen LogP contribution in [0.4, 0.5) is 22.7 Å². The third-order valence-electron chi connectivity index (χ3n) is 4.98. The highest BCUT2D eigenvalue weighted by Crippen LogP contribution is 2.45. The zero-order chi connectivity index (χ0) is 22.3. The summed E-state index contributed by atoms with van der Waals surface area (Å²) in [5.41, 5.74) is 5.45. The Bertz CT molecular complexity index is 1360. The molecule has 2 aliphatic carbocycles. The zero-order valence-corrected chi connectivity index (χ0v) is 18.6.